The predicted octanol–water partition coefficient (Wildman–Crippen LogP) is 9.09. The first-order chi connectivity index (χ1) is 17.9. The summed E-state index contributed by atoms with van der Waals surface area (Å²) in [6.45, 7) is 2.22. The van der Waals surface area contributed by atoms with E-state index >= 15 is 4.39 Å². The first kappa shape index (κ1) is 26.5. The Morgan fingerprint density at radius 2 is 1.24 bits per heavy atom. The van der Waals surface area contributed by atoms with Gasteiger partial charge in [0, 0.05) is 16.5 Å². The minimum Gasteiger partial charge on any atom is -0.206 e. The van der Waals surface area contributed by atoms with E-state index in [9.17, 15) is 13.2 Å². The van der Waals surface area contributed by atoms with Crippen molar-refractivity contribution in [1.29, 1.82) is 0 Å². The van der Waals surface area contributed by atoms with Crippen LogP contribution in [0.2, 0.25) is 0 Å². The summed E-state index contributed by atoms with van der Waals surface area (Å²) in [5.41, 5.74) is 3.76. The molecule has 0 saturated carbocycles. The zero-order chi connectivity index (χ0) is 26.2. The molecule has 4 heteroatoms. The van der Waals surface area contributed by atoms with Gasteiger partial charge in [-0.1, -0.05) is 74.8 Å². The van der Waals surface area contributed by atoms with E-state index in [0.29, 0.717) is 10.9 Å². The normalized spacial score (nSPS) is 10.9. The highest BCUT2D eigenvalue weighted by Gasteiger charge is 2.12. The van der Waals surface area contributed by atoms with Crippen molar-refractivity contribution in [2.75, 3.05) is 0 Å². The number of hydrogen-bond donors (Lipinski definition) is 0. The lowest BCUT2D eigenvalue weighted by Gasteiger charge is -2.08. The summed E-state index contributed by atoms with van der Waals surface area (Å²) in [6, 6.07) is 19.1. The maximum atomic E-state index is 15.1. The van der Waals surface area contributed by atoms with Gasteiger partial charge in [0.1, 0.15) is 5.82 Å². The number of benzene rings is 4. The van der Waals surface area contributed by atoms with Gasteiger partial charge in [0.2, 0.25) is 0 Å². The number of halogens is 4. The second-order valence-corrected chi connectivity index (χ2v) is 9.46. The predicted molar refractivity (Wildman–Crippen MR) is 143 cm³/mol. The first-order valence-corrected chi connectivity index (χ1v) is 12.9. The van der Waals surface area contributed by atoms with Crippen molar-refractivity contribution in [3.63, 3.8) is 0 Å². The molecular weight excluding hydrogens is 472 g/mol. The maximum absolute atomic E-state index is 15.1. The average Bonchev–Trinajstić information content (AvgIpc) is 2.90. The second-order valence-electron chi connectivity index (χ2n) is 9.46. The molecule has 190 valence electrons. The topological polar surface area (TPSA) is 0 Å². The van der Waals surface area contributed by atoms with Crippen LogP contribution < -0.4 is 0 Å². The van der Waals surface area contributed by atoms with Crippen LogP contribution in [0.4, 0.5) is 17.6 Å². The molecule has 0 heterocycles. The molecule has 0 atom stereocenters. The average molecular weight is 503 g/mol. The summed E-state index contributed by atoms with van der Waals surface area (Å²) in [6.07, 6.45) is 7.87. The smallest absolute Gasteiger partial charge is 0.194 e. The van der Waals surface area contributed by atoms with Crippen LogP contribution in [0.5, 0.6) is 0 Å². The quantitative estimate of drug-likeness (QED) is 0.0927. The summed E-state index contributed by atoms with van der Waals surface area (Å²) in [7, 11) is 0. The Labute approximate surface area is 216 Å². The van der Waals surface area contributed by atoms with Crippen molar-refractivity contribution in [2.45, 2.75) is 58.3 Å². The molecule has 0 N–H and O–H groups in total. The van der Waals surface area contributed by atoms with Gasteiger partial charge >= 0.3 is 0 Å². The van der Waals surface area contributed by atoms with Crippen LogP contribution in [0.1, 0.15) is 66.8 Å². The highest BCUT2D eigenvalue weighted by molar-refractivity contribution is 5.85. The Bertz CT molecular complexity index is 1400. The third kappa shape index (κ3) is 7.01. The van der Waals surface area contributed by atoms with Gasteiger partial charge in [-0.2, -0.15) is 0 Å². The Balaban J connectivity index is 1.41. The van der Waals surface area contributed by atoms with E-state index in [1.54, 1.807) is 18.2 Å². The molecule has 4 aromatic carbocycles. The van der Waals surface area contributed by atoms with E-state index in [0.717, 1.165) is 35.1 Å². The summed E-state index contributed by atoms with van der Waals surface area (Å²) in [5, 5.41) is 1.19. The van der Waals surface area contributed by atoms with E-state index in [-0.39, 0.29) is 24.2 Å². The van der Waals surface area contributed by atoms with Crippen molar-refractivity contribution in [1.82, 2.24) is 0 Å². The number of rotatable bonds is 9. The molecule has 0 radical (unpaired) electrons. The van der Waals surface area contributed by atoms with Crippen LogP contribution >= 0.6 is 0 Å². The van der Waals surface area contributed by atoms with Crippen molar-refractivity contribution >= 4 is 10.8 Å². The Kier molecular flexibility index (Phi) is 9.01. The molecule has 0 nitrogen and oxygen atoms in total. The molecule has 37 heavy (non-hydrogen) atoms. The van der Waals surface area contributed by atoms with Crippen molar-refractivity contribution in [3.8, 4) is 11.8 Å². The van der Waals surface area contributed by atoms with Crippen LogP contribution in [-0.4, -0.2) is 0 Å². The summed E-state index contributed by atoms with van der Waals surface area (Å²) in [4.78, 5) is 0. The van der Waals surface area contributed by atoms with Crippen molar-refractivity contribution in [3.05, 3.63) is 118 Å². The fourth-order valence-electron chi connectivity index (χ4n) is 4.47. The van der Waals surface area contributed by atoms with Gasteiger partial charge < -0.3 is 0 Å². The van der Waals surface area contributed by atoms with Crippen molar-refractivity contribution < 1.29 is 17.6 Å². The lowest BCUT2D eigenvalue weighted by Crippen LogP contribution is -1.99. The monoisotopic (exact) mass is 502 g/mol. The molecule has 4 rings (SSSR count). The Morgan fingerprint density at radius 1 is 0.568 bits per heavy atom. The molecule has 0 saturated heterocycles. The van der Waals surface area contributed by atoms with Gasteiger partial charge in [-0.05, 0) is 84.2 Å². The number of hydrogen-bond acceptors (Lipinski definition) is 0. The minimum absolute atomic E-state index is 0.192. The molecule has 0 spiro atoms. The number of fused-ring (bicyclic) bond motifs is 1. The zero-order valence-corrected chi connectivity index (χ0v) is 21.0. The molecule has 0 aromatic heterocycles. The maximum Gasteiger partial charge on any atom is 0.194 e. The van der Waals surface area contributed by atoms with Gasteiger partial charge in [-0.25, -0.2) is 17.6 Å². The highest BCUT2D eigenvalue weighted by Crippen LogP contribution is 2.24. The third-order valence-electron chi connectivity index (χ3n) is 6.63. The molecule has 0 aliphatic carbocycles. The molecule has 0 fully saturated rings. The zero-order valence-electron chi connectivity index (χ0n) is 21.0. The van der Waals surface area contributed by atoms with Crippen LogP contribution in [0.15, 0.2) is 66.7 Å². The Morgan fingerprint density at radius 3 is 1.97 bits per heavy atom. The lowest BCUT2D eigenvalue weighted by atomic mass is 9.99. The van der Waals surface area contributed by atoms with Gasteiger partial charge in [-0.15, -0.1) is 0 Å². The molecule has 0 amide bonds. The lowest BCUT2D eigenvalue weighted by molar-refractivity contribution is 0.445. The van der Waals surface area contributed by atoms with Gasteiger partial charge in [0.05, 0.1) is 0 Å². The molecule has 0 aliphatic rings. The number of unbranched alkanes of at least 4 members (excludes halogenated alkanes) is 4. The van der Waals surface area contributed by atoms with Gasteiger partial charge in [0.25, 0.3) is 0 Å². The van der Waals surface area contributed by atoms with E-state index in [1.807, 2.05) is 24.3 Å². The molecule has 0 unspecified atom stereocenters. The van der Waals surface area contributed by atoms with Crippen LogP contribution in [0.25, 0.3) is 10.8 Å². The van der Waals surface area contributed by atoms with E-state index in [2.05, 4.69) is 30.9 Å². The highest BCUT2D eigenvalue weighted by atomic mass is 19.2. The van der Waals surface area contributed by atoms with E-state index in [4.69, 9.17) is 0 Å². The third-order valence-corrected chi connectivity index (χ3v) is 6.63. The Hall–Kier alpha value is -3.58. The largest absolute Gasteiger partial charge is 0.206 e. The van der Waals surface area contributed by atoms with Gasteiger partial charge in [0.15, 0.2) is 17.5 Å². The fourth-order valence-corrected chi connectivity index (χ4v) is 4.47. The molecule has 0 aliphatic heterocycles. The van der Waals surface area contributed by atoms with Crippen LogP contribution in [0.3, 0.4) is 0 Å². The van der Waals surface area contributed by atoms with Gasteiger partial charge in [-0.3, -0.25) is 0 Å². The van der Waals surface area contributed by atoms with Crippen LogP contribution in [0, 0.1) is 35.1 Å². The summed E-state index contributed by atoms with van der Waals surface area (Å²) >= 11 is 0. The second kappa shape index (κ2) is 12.6. The molecule has 4 aromatic rings. The SMILES string of the molecule is CCCCCCCc1ccc(C#Cc2ccc3c(F)c(CCc4cc(F)c(F)c(F)c4)ccc3c2)cc1. The van der Waals surface area contributed by atoms with E-state index < -0.39 is 17.5 Å². The summed E-state index contributed by atoms with van der Waals surface area (Å²) < 4.78 is 55.2. The van der Waals surface area contributed by atoms with E-state index in [1.165, 1.54) is 37.7 Å². The minimum atomic E-state index is -1.50. The molecule has 0 bridgehead atoms. The van der Waals surface area contributed by atoms with Crippen molar-refractivity contribution in [2.24, 2.45) is 0 Å². The standard InChI is InChI=1S/C33H30F4/c1-2-3-4-5-6-7-23-8-10-24(11-9-23)12-13-25-15-19-29-28(20-25)18-17-27(32(29)36)16-14-26-21-30(34)33(37)31(35)22-26/h8-11,15,17-22H,2-7,14,16H2,1H3. The fraction of sp³-hybridized carbons (Fsp3) is 0.273. The first-order valence-electron chi connectivity index (χ1n) is 12.9. The summed E-state index contributed by atoms with van der Waals surface area (Å²) in [5.74, 6) is 2.00. The molecular formula is C33H30F4. The van der Waals surface area contributed by atoms with Crippen LogP contribution in [-0.2, 0) is 19.3 Å². The number of aryl methyl sites for hydroxylation is 3.